The Labute approximate surface area is 152 Å². The van der Waals surface area contributed by atoms with Crippen molar-refractivity contribution >= 4 is 47.2 Å². The molecule has 0 amide bonds. The van der Waals surface area contributed by atoms with Gasteiger partial charge in [-0.2, -0.15) is 0 Å². The molecule has 3 N–H and O–H groups in total. The van der Waals surface area contributed by atoms with Gasteiger partial charge in [0.2, 0.25) is 0 Å². The van der Waals surface area contributed by atoms with Crippen molar-refractivity contribution in [1.29, 1.82) is 0 Å². The summed E-state index contributed by atoms with van der Waals surface area (Å²) >= 11 is 6.06. The summed E-state index contributed by atoms with van der Waals surface area (Å²) in [7, 11) is 1.58. The average Bonchev–Trinajstić information content (AvgIpc) is 2.45. The van der Waals surface area contributed by atoms with Gasteiger partial charge < -0.3 is 15.8 Å². The van der Waals surface area contributed by atoms with Gasteiger partial charge in [-0.25, -0.2) is 4.99 Å². The van der Waals surface area contributed by atoms with Crippen LogP contribution in [0.4, 0.5) is 5.69 Å². The number of nitrogens with one attached hydrogen (secondary N) is 1. The lowest BCUT2D eigenvalue weighted by Crippen LogP contribution is -2.22. The van der Waals surface area contributed by atoms with Crippen LogP contribution in [-0.2, 0) is 6.54 Å². The van der Waals surface area contributed by atoms with E-state index in [4.69, 9.17) is 22.1 Å². The van der Waals surface area contributed by atoms with Crippen LogP contribution in [0.15, 0.2) is 47.5 Å². The molecule has 0 aliphatic heterocycles. The van der Waals surface area contributed by atoms with Gasteiger partial charge in [-0.15, -0.1) is 24.0 Å². The Kier molecular flexibility index (Phi) is 7.47. The summed E-state index contributed by atoms with van der Waals surface area (Å²) < 4.78 is 5.10. The van der Waals surface area contributed by atoms with Crippen LogP contribution in [0.5, 0.6) is 5.75 Å². The van der Waals surface area contributed by atoms with Crippen LogP contribution in [0, 0.1) is 6.92 Å². The second kappa shape index (κ2) is 8.85. The summed E-state index contributed by atoms with van der Waals surface area (Å²) in [4.78, 5) is 4.31. The van der Waals surface area contributed by atoms with Crippen molar-refractivity contribution in [3.63, 3.8) is 0 Å². The first-order chi connectivity index (χ1) is 10.1. The molecule has 6 heteroatoms. The number of nitrogens with zero attached hydrogens (tertiary/aromatic N) is 1. The van der Waals surface area contributed by atoms with Gasteiger partial charge in [0.1, 0.15) is 5.75 Å². The molecule has 2 rings (SSSR count). The Balaban J connectivity index is 0.00000242. The Bertz CT molecular complexity index is 662. The molecule has 4 nitrogen and oxygen atoms in total. The van der Waals surface area contributed by atoms with Crippen LogP contribution in [0.1, 0.15) is 11.1 Å². The molecule has 118 valence electrons. The second-order valence-electron chi connectivity index (χ2n) is 4.66. The van der Waals surface area contributed by atoms with E-state index in [0.717, 1.165) is 11.3 Å². The van der Waals surface area contributed by atoms with Gasteiger partial charge in [-0.1, -0.05) is 41.4 Å². The third kappa shape index (κ3) is 5.38. The molecular formula is C16H19ClIN3O. The smallest absolute Gasteiger partial charge is 0.193 e. The molecular weight excluding hydrogens is 413 g/mol. The van der Waals surface area contributed by atoms with Crippen LogP contribution >= 0.6 is 35.6 Å². The van der Waals surface area contributed by atoms with E-state index in [1.165, 1.54) is 5.56 Å². The summed E-state index contributed by atoms with van der Waals surface area (Å²) in [6.07, 6.45) is 0. The molecule has 0 bridgehead atoms. The van der Waals surface area contributed by atoms with Gasteiger partial charge in [0.25, 0.3) is 0 Å². The Morgan fingerprint density at radius 2 is 2.05 bits per heavy atom. The van der Waals surface area contributed by atoms with E-state index in [9.17, 15) is 0 Å². The number of aryl methyl sites for hydroxylation is 1. The maximum atomic E-state index is 6.06. The predicted molar refractivity (Wildman–Crippen MR) is 104 cm³/mol. The van der Waals surface area contributed by atoms with E-state index in [1.807, 2.05) is 31.2 Å². The average molecular weight is 432 g/mol. The maximum Gasteiger partial charge on any atom is 0.193 e. The highest BCUT2D eigenvalue weighted by molar-refractivity contribution is 14.0. The lowest BCUT2D eigenvalue weighted by Gasteiger charge is -2.08. The number of ether oxygens (including phenoxy) is 1. The summed E-state index contributed by atoms with van der Waals surface area (Å²) in [5, 5.41) is 3.53. The number of benzene rings is 2. The Morgan fingerprint density at radius 3 is 2.68 bits per heavy atom. The SMILES string of the molecule is COc1ccc(NC(N)=NCc2cccc(C)c2)cc1Cl.I. The molecule has 0 saturated carbocycles. The molecule has 2 aromatic carbocycles. The van der Waals surface area contributed by atoms with E-state index in [1.54, 1.807) is 19.2 Å². The van der Waals surface area contributed by atoms with Crippen LogP contribution in [-0.4, -0.2) is 13.1 Å². The molecule has 0 atom stereocenters. The monoisotopic (exact) mass is 431 g/mol. The summed E-state index contributed by atoms with van der Waals surface area (Å²) in [5.41, 5.74) is 8.97. The van der Waals surface area contributed by atoms with Crippen molar-refractivity contribution in [2.45, 2.75) is 13.5 Å². The minimum atomic E-state index is 0. The zero-order valence-electron chi connectivity index (χ0n) is 12.5. The van der Waals surface area contributed by atoms with E-state index < -0.39 is 0 Å². The number of hydrogen-bond acceptors (Lipinski definition) is 2. The van der Waals surface area contributed by atoms with Crippen molar-refractivity contribution < 1.29 is 4.74 Å². The van der Waals surface area contributed by atoms with Crippen LogP contribution < -0.4 is 15.8 Å². The molecule has 0 unspecified atom stereocenters. The molecule has 0 radical (unpaired) electrons. The van der Waals surface area contributed by atoms with Crippen molar-refractivity contribution in [2.24, 2.45) is 10.7 Å². The number of nitrogens with two attached hydrogens (primary N) is 1. The first-order valence-corrected chi connectivity index (χ1v) is 6.92. The zero-order valence-corrected chi connectivity index (χ0v) is 15.6. The maximum absolute atomic E-state index is 6.06. The number of guanidine groups is 1. The number of methoxy groups -OCH3 is 1. The van der Waals surface area contributed by atoms with Crippen LogP contribution in [0.25, 0.3) is 0 Å². The molecule has 0 spiro atoms. The molecule has 2 aromatic rings. The number of rotatable bonds is 4. The molecule has 0 aliphatic rings. The third-order valence-corrected chi connectivity index (χ3v) is 3.23. The van der Waals surface area contributed by atoms with E-state index in [-0.39, 0.29) is 24.0 Å². The normalized spacial score (nSPS) is 10.8. The Morgan fingerprint density at radius 1 is 1.27 bits per heavy atom. The van der Waals surface area contributed by atoms with E-state index in [0.29, 0.717) is 23.3 Å². The van der Waals surface area contributed by atoms with Crippen molar-refractivity contribution in [3.05, 3.63) is 58.6 Å². The number of aliphatic imine (C=N–C) groups is 1. The minimum Gasteiger partial charge on any atom is -0.495 e. The highest BCUT2D eigenvalue weighted by atomic mass is 127. The van der Waals surface area contributed by atoms with Crippen LogP contribution in [0.3, 0.4) is 0 Å². The number of halogens is 2. The topological polar surface area (TPSA) is 59.6 Å². The van der Waals surface area contributed by atoms with Gasteiger partial charge in [0, 0.05) is 5.69 Å². The predicted octanol–water partition coefficient (Wildman–Crippen LogP) is 4.20. The van der Waals surface area contributed by atoms with Crippen molar-refractivity contribution in [2.75, 3.05) is 12.4 Å². The van der Waals surface area contributed by atoms with Gasteiger partial charge in [0.15, 0.2) is 5.96 Å². The fraction of sp³-hybridized carbons (Fsp3) is 0.188. The van der Waals surface area contributed by atoms with Gasteiger partial charge in [0.05, 0.1) is 18.7 Å². The fourth-order valence-corrected chi connectivity index (χ4v) is 2.18. The molecule has 0 heterocycles. The van der Waals surface area contributed by atoms with Crippen LogP contribution in [0.2, 0.25) is 5.02 Å². The molecule has 0 aliphatic carbocycles. The van der Waals surface area contributed by atoms with Gasteiger partial charge in [-0.3, -0.25) is 0 Å². The number of hydrogen-bond donors (Lipinski definition) is 2. The zero-order chi connectivity index (χ0) is 15.2. The summed E-state index contributed by atoms with van der Waals surface area (Å²) in [6.45, 7) is 2.58. The fourth-order valence-electron chi connectivity index (χ4n) is 1.92. The molecule has 0 saturated heterocycles. The molecule has 0 aromatic heterocycles. The lowest BCUT2D eigenvalue weighted by molar-refractivity contribution is 0.415. The van der Waals surface area contributed by atoms with Gasteiger partial charge in [-0.05, 0) is 30.7 Å². The third-order valence-electron chi connectivity index (χ3n) is 2.94. The standard InChI is InChI=1S/C16H18ClN3O.HI/c1-11-4-3-5-12(8-11)10-19-16(18)20-13-6-7-15(21-2)14(17)9-13;/h3-9H,10H2,1-2H3,(H3,18,19,20);1H. The highest BCUT2D eigenvalue weighted by Gasteiger charge is 2.02. The molecule has 22 heavy (non-hydrogen) atoms. The summed E-state index contributed by atoms with van der Waals surface area (Å²) in [5.74, 6) is 0.968. The van der Waals surface area contributed by atoms with Crippen molar-refractivity contribution in [3.8, 4) is 5.75 Å². The first-order valence-electron chi connectivity index (χ1n) is 6.54. The molecule has 0 fully saturated rings. The highest BCUT2D eigenvalue weighted by Crippen LogP contribution is 2.27. The summed E-state index contributed by atoms with van der Waals surface area (Å²) in [6, 6.07) is 13.5. The minimum absolute atomic E-state index is 0. The largest absolute Gasteiger partial charge is 0.495 e. The number of anilines is 1. The lowest BCUT2D eigenvalue weighted by atomic mass is 10.1. The van der Waals surface area contributed by atoms with E-state index >= 15 is 0 Å². The van der Waals surface area contributed by atoms with Crippen molar-refractivity contribution in [1.82, 2.24) is 0 Å². The first kappa shape index (κ1) is 18.6. The second-order valence-corrected chi connectivity index (χ2v) is 5.07. The van der Waals surface area contributed by atoms with E-state index in [2.05, 4.69) is 16.4 Å². The Hall–Kier alpha value is -1.47. The quantitative estimate of drug-likeness (QED) is 0.433. The van der Waals surface area contributed by atoms with Gasteiger partial charge >= 0.3 is 0 Å².